The summed E-state index contributed by atoms with van der Waals surface area (Å²) in [6.07, 6.45) is -4.32. The Bertz CT molecular complexity index is 549. The normalized spacial score (nSPS) is 11.6. The summed E-state index contributed by atoms with van der Waals surface area (Å²) in [4.78, 5) is 4.59. The summed E-state index contributed by atoms with van der Waals surface area (Å²) >= 11 is 0. The summed E-state index contributed by atoms with van der Waals surface area (Å²) in [5, 5.41) is 0. The molecule has 0 aliphatic rings. The van der Waals surface area contributed by atoms with Crippen LogP contribution in [0.4, 0.5) is 13.2 Å². The van der Waals surface area contributed by atoms with Gasteiger partial charge in [0.15, 0.2) is 0 Å². The third-order valence-electron chi connectivity index (χ3n) is 2.78. The quantitative estimate of drug-likeness (QED) is 0.859. The highest BCUT2D eigenvalue weighted by Gasteiger charge is 2.29. The molecule has 0 bridgehead atoms. The molecule has 0 radical (unpaired) electrons. The minimum atomic E-state index is -4.32. The molecule has 0 saturated heterocycles. The van der Waals surface area contributed by atoms with E-state index < -0.39 is 11.7 Å². The molecule has 2 aromatic carbocycles. The molecule has 0 fully saturated rings. The molecule has 2 nitrogen and oxygen atoms in total. The third-order valence-corrected chi connectivity index (χ3v) is 2.78. The molecule has 0 amide bonds. The lowest BCUT2D eigenvalue weighted by molar-refractivity contribution is -0.137. The van der Waals surface area contributed by atoms with E-state index in [1.807, 2.05) is 24.3 Å². The van der Waals surface area contributed by atoms with Crippen LogP contribution < -0.4 is 5.90 Å². The van der Waals surface area contributed by atoms with E-state index in [2.05, 4.69) is 4.84 Å². The maximum absolute atomic E-state index is 12.5. The Kier molecular flexibility index (Phi) is 3.87. The van der Waals surface area contributed by atoms with Crippen LogP contribution in [-0.2, 0) is 17.6 Å². The third kappa shape index (κ3) is 3.13. The van der Waals surface area contributed by atoms with Crippen LogP contribution in [0.2, 0.25) is 0 Å². The van der Waals surface area contributed by atoms with Crippen molar-refractivity contribution in [2.75, 3.05) is 0 Å². The second-order valence-corrected chi connectivity index (χ2v) is 4.04. The predicted molar refractivity (Wildman–Crippen MR) is 65.9 cm³/mol. The maximum atomic E-state index is 12.5. The second-order valence-electron chi connectivity index (χ2n) is 4.04. The van der Waals surface area contributed by atoms with Crippen molar-refractivity contribution >= 4 is 0 Å². The molecule has 0 saturated carbocycles. The molecule has 0 aromatic heterocycles. The van der Waals surface area contributed by atoms with Crippen molar-refractivity contribution in [1.82, 2.24) is 0 Å². The SMILES string of the molecule is NOCc1ccccc1-c1ccc(C(F)(F)F)cc1. The molecule has 2 rings (SSSR count). The minimum Gasteiger partial charge on any atom is -0.300 e. The number of halogens is 3. The summed E-state index contributed by atoms with van der Waals surface area (Å²) in [5.74, 6) is 5.04. The Balaban J connectivity index is 2.37. The van der Waals surface area contributed by atoms with Gasteiger partial charge in [0, 0.05) is 0 Å². The Labute approximate surface area is 108 Å². The standard InChI is InChI=1S/C14H12F3NO/c15-14(16,17)12-7-5-10(6-8-12)13-4-2-1-3-11(13)9-19-18/h1-8H,9,18H2. The molecule has 0 unspecified atom stereocenters. The smallest absolute Gasteiger partial charge is 0.300 e. The number of rotatable bonds is 3. The monoisotopic (exact) mass is 267 g/mol. The Morgan fingerprint density at radius 3 is 2.16 bits per heavy atom. The van der Waals surface area contributed by atoms with Gasteiger partial charge in [0.25, 0.3) is 0 Å². The van der Waals surface area contributed by atoms with Gasteiger partial charge in [0.05, 0.1) is 12.2 Å². The molecular weight excluding hydrogens is 255 g/mol. The lowest BCUT2D eigenvalue weighted by Crippen LogP contribution is -2.04. The topological polar surface area (TPSA) is 35.2 Å². The lowest BCUT2D eigenvalue weighted by atomic mass is 9.99. The van der Waals surface area contributed by atoms with Crippen molar-refractivity contribution in [3.63, 3.8) is 0 Å². The average Bonchev–Trinajstić information content (AvgIpc) is 2.39. The van der Waals surface area contributed by atoms with E-state index in [9.17, 15) is 13.2 Å². The van der Waals surface area contributed by atoms with Crippen molar-refractivity contribution in [2.24, 2.45) is 5.90 Å². The van der Waals surface area contributed by atoms with Crippen LogP contribution in [0.3, 0.4) is 0 Å². The minimum absolute atomic E-state index is 0.206. The van der Waals surface area contributed by atoms with Gasteiger partial charge >= 0.3 is 6.18 Å². The van der Waals surface area contributed by atoms with Crippen LogP contribution >= 0.6 is 0 Å². The van der Waals surface area contributed by atoms with Crippen molar-refractivity contribution < 1.29 is 18.0 Å². The van der Waals surface area contributed by atoms with Crippen LogP contribution in [0.25, 0.3) is 11.1 Å². The fourth-order valence-electron chi connectivity index (χ4n) is 1.86. The molecule has 100 valence electrons. The van der Waals surface area contributed by atoms with E-state index in [-0.39, 0.29) is 6.61 Å². The predicted octanol–water partition coefficient (Wildman–Crippen LogP) is 3.76. The van der Waals surface area contributed by atoms with Gasteiger partial charge in [-0.2, -0.15) is 13.2 Å². The van der Waals surface area contributed by atoms with Crippen LogP contribution in [0.1, 0.15) is 11.1 Å². The van der Waals surface area contributed by atoms with Gasteiger partial charge in [-0.3, -0.25) is 4.84 Å². The second kappa shape index (κ2) is 5.42. The zero-order valence-electron chi connectivity index (χ0n) is 9.95. The van der Waals surface area contributed by atoms with Gasteiger partial charge in [0.1, 0.15) is 0 Å². The van der Waals surface area contributed by atoms with E-state index in [0.29, 0.717) is 5.56 Å². The zero-order chi connectivity index (χ0) is 13.9. The first kappa shape index (κ1) is 13.6. The van der Waals surface area contributed by atoms with Crippen molar-refractivity contribution in [3.05, 3.63) is 59.7 Å². The van der Waals surface area contributed by atoms with Crippen molar-refractivity contribution in [2.45, 2.75) is 12.8 Å². The lowest BCUT2D eigenvalue weighted by Gasteiger charge is -2.10. The first-order valence-corrected chi connectivity index (χ1v) is 5.59. The highest BCUT2D eigenvalue weighted by atomic mass is 19.4. The van der Waals surface area contributed by atoms with Gasteiger partial charge in [-0.1, -0.05) is 36.4 Å². The summed E-state index contributed by atoms with van der Waals surface area (Å²) < 4.78 is 37.5. The summed E-state index contributed by atoms with van der Waals surface area (Å²) in [5.41, 5.74) is 1.66. The van der Waals surface area contributed by atoms with E-state index in [0.717, 1.165) is 23.3 Å². The van der Waals surface area contributed by atoms with Gasteiger partial charge in [-0.15, -0.1) is 0 Å². The van der Waals surface area contributed by atoms with E-state index in [4.69, 9.17) is 5.90 Å². The first-order valence-electron chi connectivity index (χ1n) is 5.59. The number of benzene rings is 2. The van der Waals surface area contributed by atoms with Crippen LogP contribution in [0.15, 0.2) is 48.5 Å². The van der Waals surface area contributed by atoms with Gasteiger partial charge in [0.2, 0.25) is 0 Å². The Morgan fingerprint density at radius 1 is 0.947 bits per heavy atom. The van der Waals surface area contributed by atoms with Crippen LogP contribution in [0.5, 0.6) is 0 Å². The Hall–Kier alpha value is -1.85. The molecule has 2 aromatic rings. The molecule has 0 aliphatic carbocycles. The van der Waals surface area contributed by atoms with Crippen molar-refractivity contribution in [3.8, 4) is 11.1 Å². The highest BCUT2D eigenvalue weighted by Crippen LogP contribution is 2.31. The van der Waals surface area contributed by atoms with E-state index >= 15 is 0 Å². The Morgan fingerprint density at radius 2 is 1.58 bits per heavy atom. The summed E-state index contributed by atoms with van der Waals surface area (Å²) in [6, 6.07) is 12.3. The molecule has 0 aliphatic heterocycles. The number of nitrogens with two attached hydrogens (primary N) is 1. The van der Waals surface area contributed by atoms with E-state index in [1.54, 1.807) is 0 Å². The molecule has 19 heavy (non-hydrogen) atoms. The molecule has 5 heteroatoms. The largest absolute Gasteiger partial charge is 0.416 e. The molecular formula is C14H12F3NO. The van der Waals surface area contributed by atoms with E-state index in [1.165, 1.54) is 12.1 Å². The fourth-order valence-corrected chi connectivity index (χ4v) is 1.86. The van der Waals surface area contributed by atoms with Crippen LogP contribution in [-0.4, -0.2) is 0 Å². The van der Waals surface area contributed by atoms with Crippen LogP contribution in [0, 0.1) is 0 Å². The van der Waals surface area contributed by atoms with Gasteiger partial charge in [-0.05, 0) is 28.8 Å². The van der Waals surface area contributed by atoms with Gasteiger partial charge < -0.3 is 0 Å². The molecule has 0 spiro atoms. The van der Waals surface area contributed by atoms with Crippen molar-refractivity contribution in [1.29, 1.82) is 0 Å². The summed E-state index contributed by atoms with van der Waals surface area (Å²) in [7, 11) is 0. The average molecular weight is 267 g/mol. The molecule has 0 heterocycles. The number of alkyl halides is 3. The molecule has 2 N–H and O–H groups in total. The first-order chi connectivity index (χ1) is 9.02. The zero-order valence-corrected chi connectivity index (χ0v) is 9.95. The highest BCUT2D eigenvalue weighted by molar-refractivity contribution is 5.67. The fraction of sp³-hybridized carbons (Fsp3) is 0.143. The molecule has 0 atom stereocenters. The number of hydrogen-bond donors (Lipinski definition) is 1. The summed E-state index contributed by atoms with van der Waals surface area (Å²) in [6.45, 7) is 0.206. The number of hydrogen-bond acceptors (Lipinski definition) is 2. The maximum Gasteiger partial charge on any atom is 0.416 e. The van der Waals surface area contributed by atoms with Gasteiger partial charge in [-0.25, -0.2) is 5.90 Å².